The Morgan fingerprint density at radius 3 is 2.74 bits per heavy atom. The largest absolute Gasteiger partial charge is 0.492 e. The van der Waals surface area contributed by atoms with Gasteiger partial charge in [0, 0.05) is 40.1 Å². The van der Waals surface area contributed by atoms with Crippen molar-refractivity contribution in [2.24, 2.45) is 0 Å². The van der Waals surface area contributed by atoms with Crippen molar-refractivity contribution in [3.63, 3.8) is 0 Å². The number of likely N-dealkylation sites (tertiary alicyclic amines) is 1. The molecule has 0 bridgehead atoms. The van der Waals surface area contributed by atoms with E-state index < -0.39 is 0 Å². The smallest absolute Gasteiger partial charge is 0.159 e. The van der Waals surface area contributed by atoms with Crippen molar-refractivity contribution in [2.45, 2.75) is 12.8 Å². The number of allylic oxidation sites excluding steroid dienone is 3. The van der Waals surface area contributed by atoms with Gasteiger partial charge in [-0.15, -0.1) is 0 Å². The van der Waals surface area contributed by atoms with Crippen LogP contribution in [0.1, 0.15) is 18.4 Å². The number of benzene rings is 1. The van der Waals surface area contributed by atoms with Crippen molar-refractivity contribution in [1.29, 1.82) is 0 Å². The van der Waals surface area contributed by atoms with Crippen molar-refractivity contribution in [3.8, 4) is 22.8 Å². The highest BCUT2D eigenvalue weighted by Gasteiger charge is 2.17. The first kappa shape index (κ1) is 23.4. The fourth-order valence-electron chi connectivity index (χ4n) is 5.04. The van der Waals surface area contributed by atoms with E-state index in [1.165, 1.54) is 31.5 Å². The monoisotopic (exact) mass is 615 g/mol. The maximum absolute atomic E-state index is 6.15. The summed E-state index contributed by atoms with van der Waals surface area (Å²) < 4.78 is 10.8. The molecule has 0 amide bonds. The van der Waals surface area contributed by atoms with Crippen LogP contribution in [0.5, 0.6) is 0 Å². The van der Waals surface area contributed by atoms with Crippen molar-refractivity contribution in [1.82, 2.24) is 35.0 Å². The summed E-state index contributed by atoms with van der Waals surface area (Å²) in [5, 5.41) is 8.83. The highest BCUT2D eigenvalue weighted by Crippen LogP contribution is 2.33. The quantitative estimate of drug-likeness (QED) is 0.229. The van der Waals surface area contributed by atoms with Gasteiger partial charge in [0.1, 0.15) is 23.6 Å². The van der Waals surface area contributed by atoms with Crippen molar-refractivity contribution in [2.75, 3.05) is 26.2 Å². The lowest BCUT2D eigenvalue weighted by atomic mass is 10.0. The third-order valence-electron chi connectivity index (χ3n) is 7.00. The Morgan fingerprint density at radius 1 is 0.947 bits per heavy atom. The minimum Gasteiger partial charge on any atom is -0.492 e. The minimum atomic E-state index is -0.193. The molecule has 9 heteroatoms. The zero-order chi connectivity index (χ0) is 25.3. The Bertz CT molecular complexity index is 1710. The summed E-state index contributed by atoms with van der Waals surface area (Å²) in [6.45, 7) is 4.14. The first-order valence-electron chi connectivity index (χ1n) is 12.8. The van der Waals surface area contributed by atoms with E-state index in [4.69, 9.17) is 9.72 Å². The van der Waals surface area contributed by atoms with Crippen LogP contribution in [-0.2, 0) is 4.74 Å². The van der Waals surface area contributed by atoms with E-state index in [0.717, 1.165) is 63.4 Å². The molecule has 38 heavy (non-hydrogen) atoms. The van der Waals surface area contributed by atoms with Crippen LogP contribution in [0.25, 0.3) is 50.3 Å². The molecule has 0 aliphatic carbocycles. The predicted molar refractivity (Wildman–Crippen MR) is 160 cm³/mol. The van der Waals surface area contributed by atoms with Crippen LogP contribution in [0.3, 0.4) is 0 Å². The average Bonchev–Trinajstić information content (AvgIpc) is 3.73. The fourth-order valence-corrected chi connectivity index (χ4v) is 6.86. The number of halogens is 1. The molecule has 2 N–H and O–H groups in total. The van der Waals surface area contributed by atoms with Gasteiger partial charge in [-0.2, -0.15) is 5.10 Å². The number of hydrogen-bond donors (Lipinski definition) is 2. The number of aromatic nitrogens is 6. The molecule has 0 radical (unpaired) electrons. The van der Waals surface area contributed by atoms with Gasteiger partial charge in [0.15, 0.2) is 5.82 Å². The number of ether oxygens (including phenoxy) is 1. The normalized spacial score (nSPS) is 16.0. The summed E-state index contributed by atoms with van der Waals surface area (Å²) in [6, 6.07) is 12.3. The SMILES string of the molecule is C1=IC=C(c2ccc3[nH]nc(-c4nc5c(-c6ccncc6)nccc5[nH]4)c3c2)C=C1OCCN1CCCC1. The zero-order valence-corrected chi connectivity index (χ0v) is 22.9. The van der Waals surface area contributed by atoms with E-state index in [9.17, 15) is 0 Å². The molecule has 7 rings (SSSR count). The second kappa shape index (κ2) is 10.2. The molecule has 0 unspecified atom stereocenters. The summed E-state index contributed by atoms with van der Waals surface area (Å²) >= 11 is -0.193. The van der Waals surface area contributed by atoms with Gasteiger partial charge in [-0.05, 0) is 77.6 Å². The Kier molecular flexibility index (Phi) is 6.30. The van der Waals surface area contributed by atoms with Gasteiger partial charge in [-0.1, -0.05) is 26.8 Å². The molecule has 1 fully saturated rings. The van der Waals surface area contributed by atoms with Gasteiger partial charge in [0.05, 0.1) is 16.7 Å². The van der Waals surface area contributed by atoms with Crippen LogP contribution in [0.2, 0.25) is 0 Å². The lowest BCUT2D eigenvalue weighted by Gasteiger charge is -2.16. The summed E-state index contributed by atoms with van der Waals surface area (Å²) in [5.41, 5.74) is 7.67. The highest BCUT2D eigenvalue weighted by atomic mass is 127. The molecular weight excluding hydrogens is 589 g/mol. The number of fused-ring (bicyclic) bond motifs is 2. The third kappa shape index (κ3) is 4.56. The Morgan fingerprint density at radius 2 is 1.84 bits per heavy atom. The Labute approximate surface area is 229 Å². The second-order valence-electron chi connectivity index (χ2n) is 9.45. The lowest BCUT2D eigenvalue weighted by molar-refractivity contribution is 0.186. The molecule has 190 valence electrons. The minimum absolute atomic E-state index is 0.193. The first-order valence-corrected chi connectivity index (χ1v) is 15.3. The number of imidazole rings is 1. The van der Waals surface area contributed by atoms with E-state index in [2.05, 4.69) is 62.4 Å². The molecule has 8 nitrogen and oxygen atoms in total. The summed E-state index contributed by atoms with van der Waals surface area (Å²) in [4.78, 5) is 19.6. The van der Waals surface area contributed by atoms with Crippen molar-refractivity contribution in [3.05, 3.63) is 76.5 Å². The van der Waals surface area contributed by atoms with E-state index in [1.807, 2.05) is 18.2 Å². The number of nitrogens with zero attached hydrogens (tertiary/aromatic N) is 5. The molecule has 4 aromatic heterocycles. The lowest BCUT2D eigenvalue weighted by Crippen LogP contribution is -2.24. The number of rotatable bonds is 7. The maximum Gasteiger partial charge on any atom is 0.159 e. The molecule has 0 atom stereocenters. The molecule has 2 aliphatic rings. The topological polar surface area (TPSA) is 95.6 Å². The molecule has 1 aromatic carbocycles. The van der Waals surface area contributed by atoms with Gasteiger partial charge in [0.2, 0.25) is 0 Å². The Balaban J connectivity index is 1.19. The summed E-state index contributed by atoms with van der Waals surface area (Å²) in [6.07, 6.45) is 10.1. The summed E-state index contributed by atoms with van der Waals surface area (Å²) in [5.74, 6) is 1.71. The summed E-state index contributed by atoms with van der Waals surface area (Å²) in [7, 11) is 0. The number of aromatic amines is 2. The molecule has 1 saturated heterocycles. The van der Waals surface area contributed by atoms with Gasteiger partial charge in [0.25, 0.3) is 0 Å². The van der Waals surface area contributed by atoms with Crippen LogP contribution < -0.4 is 0 Å². The van der Waals surface area contributed by atoms with E-state index in [-0.39, 0.29) is 20.7 Å². The van der Waals surface area contributed by atoms with Gasteiger partial charge >= 0.3 is 0 Å². The van der Waals surface area contributed by atoms with Gasteiger partial charge < -0.3 is 9.72 Å². The number of pyridine rings is 2. The molecule has 2 aliphatic heterocycles. The van der Waals surface area contributed by atoms with Crippen molar-refractivity contribution >= 4 is 52.3 Å². The third-order valence-corrected chi connectivity index (χ3v) is 9.00. The highest BCUT2D eigenvalue weighted by molar-refractivity contribution is 14.2. The van der Waals surface area contributed by atoms with Crippen LogP contribution in [0.15, 0.2) is 70.9 Å². The average molecular weight is 615 g/mol. The van der Waals surface area contributed by atoms with E-state index in [1.54, 1.807) is 18.6 Å². The molecule has 5 aromatic rings. The molecule has 0 spiro atoms. The standard InChI is InChI=1S/C29H26IN7O/c1-2-12-37(11-1)13-14-38-22-15-21(17-30-18-22)20-3-4-24-23(16-20)27(36-35-24)29-33-25-7-10-32-26(28(25)34-29)19-5-8-31-9-6-19/h3-10,15-18H,1-2,11-14H2,(H,33,34)(H,35,36). The van der Waals surface area contributed by atoms with Crippen molar-refractivity contribution < 1.29 is 4.74 Å². The van der Waals surface area contributed by atoms with Gasteiger partial charge in [-0.3, -0.25) is 20.0 Å². The van der Waals surface area contributed by atoms with Gasteiger partial charge in [-0.25, -0.2) is 4.98 Å². The maximum atomic E-state index is 6.15. The molecule has 0 saturated carbocycles. The van der Waals surface area contributed by atoms with Crippen LogP contribution in [0, 0.1) is 0 Å². The van der Waals surface area contributed by atoms with E-state index in [0.29, 0.717) is 5.82 Å². The van der Waals surface area contributed by atoms with E-state index >= 15 is 0 Å². The number of H-pyrrole nitrogens is 2. The predicted octanol–water partition coefficient (Wildman–Crippen LogP) is 5.69. The fraction of sp³-hybridized carbons (Fsp3) is 0.207. The van der Waals surface area contributed by atoms with Crippen LogP contribution >= 0.6 is 20.7 Å². The Hall–Kier alpha value is -3.70. The van der Waals surface area contributed by atoms with Crippen LogP contribution in [-0.4, -0.2) is 65.3 Å². The van der Waals surface area contributed by atoms with Crippen LogP contribution in [0.4, 0.5) is 0 Å². The second-order valence-corrected chi connectivity index (χ2v) is 11.4. The number of hydrogen-bond acceptors (Lipinski definition) is 6. The molecule has 6 heterocycles. The molecular formula is C29H26IN7O. The first-order chi connectivity index (χ1) is 18.8. The zero-order valence-electron chi connectivity index (χ0n) is 20.7. The number of nitrogens with one attached hydrogen (secondary N) is 2.